The monoisotopic (exact) mass is 382 g/mol. The molecule has 0 aliphatic heterocycles. The summed E-state index contributed by atoms with van der Waals surface area (Å²) in [5.74, 6) is -3.76. The van der Waals surface area contributed by atoms with E-state index in [4.69, 9.17) is 16.6 Å². The fraction of sp³-hybridized carbons (Fsp3) is 0.375. The van der Waals surface area contributed by atoms with Crippen LogP contribution >= 0.6 is 12.6 Å². The Balaban J connectivity index is 2.66. The third-order valence-electron chi connectivity index (χ3n) is 3.47. The van der Waals surface area contributed by atoms with Gasteiger partial charge in [-0.2, -0.15) is 12.6 Å². The maximum Gasteiger partial charge on any atom is 0.326 e. The van der Waals surface area contributed by atoms with Crippen LogP contribution in [0.4, 0.5) is 0 Å². The van der Waals surface area contributed by atoms with Crippen molar-refractivity contribution in [2.75, 3.05) is 5.75 Å². The lowest BCUT2D eigenvalue weighted by Gasteiger charge is -2.21. The van der Waals surface area contributed by atoms with E-state index in [2.05, 4.69) is 23.3 Å². The Kier molecular flexibility index (Phi) is 8.59. The van der Waals surface area contributed by atoms with Crippen LogP contribution in [0, 0.1) is 0 Å². The van der Waals surface area contributed by atoms with E-state index in [1.807, 2.05) is 30.3 Å². The van der Waals surface area contributed by atoms with Crippen LogP contribution in [-0.4, -0.2) is 52.7 Å². The molecular formula is C16H22N4O5S. The van der Waals surface area contributed by atoms with Gasteiger partial charge in [0.05, 0.1) is 12.5 Å². The first kappa shape index (κ1) is 21.5. The molecular weight excluding hydrogens is 360 g/mol. The van der Waals surface area contributed by atoms with Crippen LogP contribution in [0.5, 0.6) is 0 Å². The minimum Gasteiger partial charge on any atom is -0.480 e. The van der Waals surface area contributed by atoms with Crippen LogP contribution in [0.15, 0.2) is 30.3 Å². The molecule has 3 atom stereocenters. The van der Waals surface area contributed by atoms with E-state index < -0.39 is 48.2 Å². The van der Waals surface area contributed by atoms with Gasteiger partial charge in [0.1, 0.15) is 12.1 Å². The number of aliphatic carboxylic acids is 1. The number of carboxylic acid groups (broad SMARTS) is 1. The first-order valence-corrected chi connectivity index (χ1v) is 8.40. The Morgan fingerprint density at radius 3 is 2.12 bits per heavy atom. The number of nitrogens with two attached hydrogens (primary N) is 2. The van der Waals surface area contributed by atoms with Gasteiger partial charge in [0.15, 0.2) is 0 Å². The summed E-state index contributed by atoms with van der Waals surface area (Å²) in [7, 11) is 0. The Hall–Kier alpha value is -2.59. The number of benzene rings is 1. The third kappa shape index (κ3) is 7.11. The molecule has 0 fully saturated rings. The van der Waals surface area contributed by atoms with Crippen molar-refractivity contribution in [3.05, 3.63) is 35.9 Å². The van der Waals surface area contributed by atoms with Crippen LogP contribution < -0.4 is 22.1 Å². The molecule has 0 aliphatic carbocycles. The lowest BCUT2D eigenvalue weighted by atomic mass is 10.1. The Labute approximate surface area is 155 Å². The van der Waals surface area contributed by atoms with E-state index in [1.165, 1.54) is 0 Å². The highest BCUT2D eigenvalue weighted by atomic mass is 32.1. The van der Waals surface area contributed by atoms with Crippen molar-refractivity contribution in [2.24, 2.45) is 11.5 Å². The number of hydrogen-bond donors (Lipinski definition) is 6. The second kappa shape index (κ2) is 10.4. The summed E-state index contributed by atoms with van der Waals surface area (Å²) in [6.45, 7) is 0. The maximum absolute atomic E-state index is 12.2. The molecule has 0 radical (unpaired) electrons. The van der Waals surface area contributed by atoms with Crippen molar-refractivity contribution in [1.29, 1.82) is 0 Å². The summed E-state index contributed by atoms with van der Waals surface area (Å²) < 4.78 is 0. The van der Waals surface area contributed by atoms with Gasteiger partial charge in [0, 0.05) is 5.75 Å². The molecule has 0 bridgehead atoms. The zero-order chi connectivity index (χ0) is 19.7. The van der Waals surface area contributed by atoms with E-state index >= 15 is 0 Å². The predicted molar refractivity (Wildman–Crippen MR) is 97.3 cm³/mol. The summed E-state index contributed by atoms with van der Waals surface area (Å²) in [5.41, 5.74) is 11.7. The third-order valence-corrected chi connectivity index (χ3v) is 3.84. The Bertz CT molecular complexity index is 655. The number of primary amides is 1. The van der Waals surface area contributed by atoms with E-state index in [0.29, 0.717) is 0 Å². The van der Waals surface area contributed by atoms with Crippen LogP contribution in [-0.2, 0) is 25.6 Å². The number of thiol groups is 1. The molecule has 0 spiro atoms. The number of rotatable bonds is 10. The molecule has 0 saturated carbocycles. The van der Waals surface area contributed by atoms with Gasteiger partial charge in [-0.25, -0.2) is 4.79 Å². The van der Waals surface area contributed by atoms with Crippen LogP contribution in [0.1, 0.15) is 12.0 Å². The average Bonchev–Trinajstić information content (AvgIpc) is 2.58. The largest absolute Gasteiger partial charge is 0.480 e. The fourth-order valence-electron chi connectivity index (χ4n) is 2.11. The second-order valence-electron chi connectivity index (χ2n) is 5.61. The minimum absolute atomic E-state index is 0.0848. The van der Waals surface area contributed by atoms with E-state index in [9.17, 15) is 19.2 Å². The van der Waals surface area contributed by atoms with Crippen molar-refractivity contribution in [2.45, 2.75) is 31.0 Å². The average molecular weight is 382 g/mol. The summed E-state index contributed by atoms with van der Waals surface area (Å²) in [5, 5.41) is 13.6. The molecule has 0 aromatic heterocycles. The van der Waals surface area contributed by atoms with Crippen molar-refractivity contribution in [3.8, 4) is 0 Å². The molecule has 0 aliphatic rings. The second-order valence-corrected chi connectivity index (χ2v) is 5.97. The van der Waals surface area contributed by atoms with Gasteiger partial charge in [-0.05, 0) is 12.0 Å². The number of amides is 3. The zero-order valence-corrected chi connectivity index (χ0v) is 14.8. The highest BCUT2D eigenvalue weighted by Gasteiger charge is 2.28. The van der Waals surface area contributed by atoms with Crippen molar-refractivity contribution < 1.29 is 24.3 Å². The van der Waals surface area contributed by atoms with Crippen LogP contribution in [0.3, 0.4) is 0 Å². The molecule has 0 saturated heterocycles. The SMILES string of the molecule is NC(=O)C[C@H](NC(=O)[C@H](CS)NC(=O)[C@@H](N)Cc1ccccc1)C(=O)O. The van der Waals surface area contributed by atoms with E-state index in [0.717, 1.165) is 5.56 Å². The van der Waals surface area contributed by atoms with Crippen molar-refractivity contribution >= 4 is 36.3 Å². The minimum atomic E-state index is -1.49. The molecule has 0 unspecified atom stereocenters. The molecule has 10 heteroatoms. The standard InChI is InChI=1S/C16H22N4O5S/c17-10(6-9-4-2-1-3-5-9)14(22)20-12(8-26)15(23)19-11(16(24)25)7-13(18)21/h1-5,10-12,26H,6-8,17H2,(H2,18,21)(H,19,23)(H,20,22)(H,24,25)/t10-,11-,12-/m0/s1. The highest BCUT2D eigenvalue weighted by Crippen LogP contribution is 2.03. The summed E-state index contributed by atoms with van der Waals surface area (Å²) in [4.78, 5) is 46.3. The van der Waals surface area contributed by atoms with Crippen LogP contribution in [0.25, 0.3) is 0 Å². The Morgan fingerprint density at radius 1 is 1.04 bits per heavy atom. The van der Waals surface area contributed by atoms with Gasteiger partial charge in [-0.15, -0.1) is 0 Å². The topological polar surface area (TPSA) is 165 Å². The van der Waals surface area contributed by atoms with Gasteiger partial charge in [0.25, 0.3) is 0 Å². The molecule has 1 rings (SSSR count). The van der Waals surface area contributed by atoms with Crippen molar-refractivity contribution in [1.82, 2.24) is 10.6 Å². The lowest BCUT2D eigenvalue weighted by Crippen LogP contribution is -2.56. The lowest BCUT2D eigenvalue weighted by molar-refractivity contribution is -0.143. The summed E-state index contributed by atoms with van der Waals surface area (Å²) in [6.07, 6.45) is -0.297. The summed E-state index contributed by atoms with van der Waals surface area (Å²) in [6, 6.07) is 5.60. The van der Waals surface area contributed by atoms with E-state index in [-0.39, 0.29) is 12.2 Å². The first-order valence-electron chi connectivity index (χ1n) is 7.76. The maximum atomic E-state index is 12.2. The summed E-state index contributed by atoms with van der Waals surface area (Å²) >= 11 is 3.99. The van der Waals surface area contributed by atoms with Gasteiger partial charge < -0.3 is 27.2 Å². The first-order chi connectivity index (χ1) is 12.2. The number of carbonyl (C=O) groups is 4. The number of hydrogen-bond acceptors (Lipinski definition) is 6. The van der Waals surface area contributed by atoms with Gasteiger partial charge in [-0.1, -0.05) is 30.3 Å². The van der Waals surface area contributed by atoms with E-state index in [1.54, 1.807) is 0 Å². The predicted octanol–water partition coefficient (Wildman–Crippen LogP) is -1.58. The number of carboxylic acids is 1. The van der Waals surface area contributed by atoms with Gasteiger partial charge in [-0.3, -0.25) is 14.4 Å². The molecule has 26 heavy (non-hydrogen) atoms. The smallest absolute Gasteiger partial charge is 0.326 e. The van der Waals surface area contributed by atoms with Gasteiger partial charge in [0.2, 0.25) is 17.7 Å². The molecule has 9 nitrogen and oxygen atoms in total. The Morgan fingerprint density at radius 2 is 1.62 bits per heavy atom. The number of nitrogens with one attached hydrogen (secondary N) is 2. The zero-order valence-electron chi connectivity index (χ0n) is 13.9. The fourth-order valence-corrected chi connectivity index (χ4v) is 2.36. The molecule has 3 amide bonds. The van der Waals surface area contributed by atoms with Crippen molar-refractivity contribution in [3.63, 3.8) is 0 Å². The normalized spacial score (nSPS) is 13.9. The highest BCUT2D eigenvalue weighted by molar-refractivity contribution is 7.80. The molecule has 7 N–H and O–H groups in total. The quantitative estimate of drug-likeness (QED) is 0.267. The molecule has 0 heterocycles. The van der Waals surface area contributed by atoms with Crippen LogP contribution in [0.2, 0.25) is 0 Å². The molecule has 142 valence electrons. The van der Waals surface area contributed by atoms with Gasteiger partial charge >= 0.3 is 5.97 Å². The molecule has 1 aromatic rings. The number of carbonyl (C=O) groups excluding carboxylic acids is 3. The molecule has 1 aromatic carbocycles.